The van der Waals surface area contributed by atoms with E-state index in [-0.39, 0.29) is 37.0 Å². The summed E-state index contributed by atoms with van der Waals surface area (Å²) in [6, 6.07) is 9.11. The summed E-state index contributed by atoms with van der Waals surface area (Å²) < 4.78 is 46.9. The van der Waals surface area contributed by atoms with E-state index in [1.54, 1.807) is 7.11 Å². The number of fused-ring (bicyclic) bond motifs is 1. The van der Waals surface area contributed by atoms with Crippen LogP contribution in [0.2, 0.25) is 0 Å². The second-order valence-corrected chi connectivity index (χ2v) is 10.3. The molecule has 2 aromatic heterocycles. The molecule has 6 rings (SSSR count). The van der Waals surface area contributed by atoms with Crippen LogP contribution in [-0.4, -0.2) is 47.0 Å². The normalized spacial score (nSPS) is 22.1. The molecule has 0 bridgehead atoms. The Morgan fingerprint density at radius 3 is 2.51 bits per heavy atom. The van der Waals surface area contributed by atoms with Gasteiger partial charge in [-0.3, -0.25) is 9.69 Å². The first-order valence-electron chi connectivity index (χ1n) is 13.2. The van der Waals surface area contributed by atoms with E-state index in [4.69, 9.17) is 19.0 Å². The number of rotatable bonds is 5. The maximum absolute atomic E-state index is 14.3. The minimum atomic E-state index is -1.01. The first kappa shape index (κ1) is 25.6. The van der Waals surface area contributed by atoms with Gasteiger partial charge in [-0.1, -0.05) is 11.2 Å². The van der Waals surface area contributed by atoms with Crippen molar-refractivity contribution in [3.8, 4) is 11.1 Å². The Bertz CT molecular complexity index is 1520. The van der Waals surface area contributed by atoms with Crippen LogP contribution in [0.5, 0.6) is 0 Å². The summed E-state index contributed by atoms with van der Waals surface area (Å²) in [5, 5.41) is 4.09. The molecule has 1 atom stereocenters. The minimum Gasteiger partial charge on any atom is -0.381 e. The highest BCUT2D eigenvalue weighted by Crippen LogP contribution is 2.40. The van der Waals surface area contributed by atoms with E-state index < -0.39 is 17.7 Å². The summed E-state index contributed by atoms with van der Waals surface area (Å²) in [4.78, 5) is 19.7. The van der Waals surface area contributed by atoms with E-state index in [2.05, 4.69) is 9.72 Å². The topological polar surface area (TPSA) is 82.6 Å². The molecule has 8 nitrogen and oxygen atoms in total. The van der Waals surface area contributed by atoms with Crippen LogP contribution in [0.25, 0.3) is 22.2 Å². The third-order valence-corrected chi connectivity index (χ3v) is 7.94. The van der Waals surface area contributed by atoms with E-state index >= 15 is 0 Å². The number of carbonyl (C=O) groups is 1. The quantitative estimate of drug-likeness (QED) is 0.320. The van der Waals surface area contributed by atoms with Crippen molar-refractivity contribution in [3.05, 3.63) is 65.3 Å². The Labute approximate surface area is 224 Å². The lowest BCUT2D eigenvalue weighted by Gasteiger charge is -2.37. The highest BCUT2D eigenvalue weighted by atomic mass is 19.2. The Balaban J connectivity index is 1.50. The van der Waals surface area contributed by atoms with Crippen molar-refractivity contribution in [2.75, 3.05) is 25.2 Å². The first-order valence-corrected chi connectivity index (χ1v) is 13.2. The number of hydrogen-bond donors (Lipinski definition) is 0. The number of nitrogens with zero attached hydrogens (tertiary/aromatic N) is 4. The van der Waals surface area contributed by atoms with Crippen LogP contribution in [0.4, 0.5) is 14.5 Å². The molecule has 0 spiro atoms. The molecule has 3 heterocycles. The summed E-state index contributed by atoms with van der Waals surface area (Å²) in [6.07, 6.45) is 3.79. The second kappa shape index (κ2) is 10.2. The standard InChI is InChI=1S/C29H30F2N4O4/c1-16-28(17(2)39-33-16)18-4-11-25-24(12-18)32-29(35(25)19-5-8-21(37-3)9-6-19)26-14-38-15-27(36)34(26)20-7-10-22(30)23(31)13-20/h4,7,10-13,19,21,26H,5-6,8-9,14-15H2,1-3H3/t19?,21?,26-/m0/s1. The third-order valence-electron chi connectivity index (χ3n) is 7.94. The maximum Gasteiger partial charge on any atom is 0.253 e. The Kier molecular flexibility index (Phi) is 6.68. The molecule has 2 fully saturated rings. The SMILES string of the molecule is COC1CCC(n2c([C@@H]3COCC(=O)N3c3ccc(F)c(F)c3)nc3cc(-c4c(C)noc4C)ccc32)CC1. The van der Waals surface area contributed by atoms with E-state index in [0.717, 1.165) is 71.4 Å². The van der Waals surface area contributed by atoms with E-state index in [0.29, 0.717) is 5.82 Å². The fourth-order valence-corrected chi connectivity index (χ4v) is 6.05. The summed E-state index contributed by atoms with van der Waals surface area (Å²) in [5.74, 6) is -0.943. The first-order chi connectivity index (χ1) is 18.9. The molecule has 1 aliphatic carbocycles. The summed E-state index contributed by atoms with van der Waals surface area (Å²) in [6.45, 7) is 3.81. The average molecular weight is 537 g/mol. The molecule has 39 heavy (non-hydrogen) atoms. The van der Waals surface area contributed by atoms with Crippen molar-refractivity contribution in [2.45, 2.75) is 57.7 Å². The summed E-state index contributed by atoms with van der Waals surface area (Å²) >= 11 is 0. The molecule has 10 heteroatoms. The highest BCUT2D eigenvalue weighted by Gasteiger charge is 2.37. The van der Waals surface area contributed by atoms with Gasteiger partial charge < -0.3 is 18.6 Å². The van der Waals surface area contributed by atoms with Crippen LogP contribution in [0.3, 0.4) is 0 Å². The lowest BCUT2D eigenvalue weighted by atomic mass is 9.92. The lowest BCUT2D eigenvalue weighted by molar-refractivity contribution is -0.127. The average Bonchev–Trinajstić information content (AvgIpc) is 3.48. The van der Waals surface area contributed by atoms with Gasteiger partial charge in [0.1, 0.15) is 24.2 Å². The van der Waals surface area contributed by atoms with Crippen LogP contribution in [0, 0.1) is 25.5 Å². The molecule has 2 aromatic carbocycles. The molecule has 0 radical (unpaired) electrons. The number of amides is 1. The van der Waals surface area contributed by atoms with Gasteiger partial charge in [-0.25, -0.2) is 13.8 Å². The van der Waals surface area contributed by atoms with Gasteiger partial charge >= 0.3 is 0 Å². The zero-order valence-corrected chi connectivity index (χ0v) is 22.1. The van der Waals surface area contributed by atoms with E-state index in [9.17, 15) is 13.6 Å². The van der Waals surface area contributed by atoms with Gasteiger partial charge in [0.15, 0.2) is 11.6 Å². The number of aryl methyl sites for hydroxylation is 2. The number of carbonyl (C=O) groups excluding carboxylic acids is 1. The van der Waals surface area contributed by atoms with Crippen molar-refractivity contribution < 1.29 is 27.6 Å². The molecule has 1 aliphatic heterocycles. The molecule has 2 aliphatic rings. The van der Waals surface area contributed by atoms with Gasteiger partial charge in [-0.05, 0) is 69.4 Å². The van der Waals surface area contributed by atoms with Gasteiger partial charge in [0.2, 0.25) is 0 Å². The summed E-state index contributed by atoms with van der Waals surface area (Å²) in [5.41, 5.74) is 4.62. The van der Waals surface area contributed by atoms with Crippen LogP contribution < -0.4 is 4.90 Å². The van der Waals surface area contributed by atoms with E-state index in [1.807, 2.05) is 32.0 Å². The number of morpholine rings is 1. The number of methoxy groups -OCH3 is 1. The van der Waals surface area contributed by atoms with Gasteiger partial charge in [-0.2, -0.15) is 0 Å². The Morgan fingerprint density at radius 2 is 1.82 bits per heavy atom. The van der Waals surface area contributed by atoms with Crippen molar-refractivity contribution in [1.29, 1.82) is 0 Å². The highest BCUT2D eigenvalue weighted by molar-refractivity contribution is 5.96. The fourth-order valence-electron chi connectivity index (χ4n) is 6.05. The molecule has 0 N–H and O–H groups in total. The second-order valence-electron chi connectivity index (χ2n) is 10.3. The molecular formula is C29H30F2N4O4. The number of imidazole rings is 1. The smallest absolute Gasteiger partial charge is 0.253 e. The van der Waals surface area contributed by atoms with Crippen molar-refractivity contribution in [3.63, 3.8) is 0 Å². The molecule has 204 valence electrons. The predicted molar refractivity (Wildman–Crippen MR) is 140 cm³/mol. The van der Waals surface area contributed by atoms with Gasteiger partial charge in [0.25, 0.3) is 5.91 Å². The lowest BCUT2D eigenvalue weighted by Crippen LogP contribution is -2.45. The largest absolute Gasteiger partial charge is 0.381 e. The Hall–Kier alpha value is -3.63. The number of benzene rings is 2. The molecule has 4 aromatic rings. The minimum absolute atomic E-state index is 0.130. The number of aromatic nitrogens is 3. The molecular weight excluding hydrogens is 506 g/mol. The number of hydrogen-bond acceptors (Lipinski definition) is 6. The maximum atomic E-state index is 14.3. The number of anilines is 1. The van der Waals surface area contributed by atoms with Gasteiger partial charge in [-0.15, -0.1) is 0 Å². The van der Waals surface area contributed by atoms with E-state index in [1.165, 1.54) is 11.0 Å². The number of halogens is 2. The fraction of sp³-hybridized carbons (Fsp3) is 0.414. The van der Waals surface area contributed by atoms with Gasteiger partial charge in [0, 0.05) is 30.5 Å². The third kappa shape index (κ3) is 4.51. The number of ether oxygens (including phenoxy) is 2. The molecule has 1 saturated carbocycles. The monoisotopic (exact) mass is 536 g/mol. The van der Waals surface area contributed by atoms with Crippen LogP contribution in [0.1, 0.15) is 55.0 Å². The van der Waals surface area contributed by atoms with Crippen molar-refractivity contribution in [1.82, 2.24) is 14.7 Å². The van der Waals surface area contributed by atoms with Gasteiger partial charge in [0.05, 0.1) is 29.4 Å². The van der Waals surface area contributed by atoms with Crippen LogP contribution in [0.15, 0.2) is 40.9 Å². The Morgan fingerprint density at radius 1 is 1.03 bits per heavy atom. The molecule has 0 unspecified atom stereocenters. The van der Waals surface area contributed by atoms with Crippen LogP contribution in [-0.2, 0) is 14.3 Å². The molecule has 1 amide bonds. The zero-order valence-electron chi connectivity index (χ0n) is 22.1. The van der Waals surface area contributed by atoms with Crippen molar-refractivity contribution in [2.24, 2.45) is 0 Å². The zero-order chi connectivity index (χ0) is 27.3. The molecule has 1 saturated heterocycles. The summed E-state index contributed by atoms with van der Waals surface area (Å²) in [7, 11) is 1.74. The van der Waals surface area contributed by atoms with Crippen molar-refractivity contribution >= 4 is 22.6 Å². The van der Waals surface area contributed by atoms with Crippen LogP contribution >= 0.6 is 0 Å². The predicted octanol–water partition coefficient (Wildman–Crippen LogP) is 5.82.